The molecule has 0 bridgehead atoms. The molecule has 0 radical (unpaired) electrons. The van der Waals surface area contributed by atoms with E-state index in [1.54, 1.807) is 12.1 Å². The van der Waals surface area contributed by atoms with Crippen molar-refractivity contribution < 1.29 is 13.9 Å². The fourth-order valence-electron chi connectivity index (χ4n) is 3.43. The Labute approximate surface area is 125 Å². The quantitative estimate of drug-likeness (QED) is 0.836. The summed E-state index contributed by atoms with van der Waals surface area (Å²) in [6.45, 7) is 2.14. The molecular weight excluding hydrogens is 269 g/mol. The van der Waals surface area contributed by atoms with Crippen LogP contribution in [0.3, 0.4) is 0 Å². The standard InChI is InChI=1S/C17H22FNO2/c18-15-5-3-4-14(12-15)16-6-1-2-9-19(16)17(20)13-7-10-21-11-8-13/h3-5,12-13,16H,1-2,6-11H2/t16-/m0/s1. The summed E-state index contributed by atoms with van der Waals surface area (Å²) in [6, 6.07) is 6.72. The highest BCUT2D eigenvalue weighted by atomic mass is 19.1. The molecule has 0 aliphatic carbocycles. The van der Waals surface area contributed by atoms with Crippen molar-refractivity contribution in [1.29, 1.82) is 0 Å². The van der Waals surface area contributed by atoms with Crippen molar-refractivity contribution in [1.82, 2.24) is 4.90 Å². The van der Waals surface area contributed by atoms with E-state index in [1.165, 1.54) is 6.07 Å². The van der Waals surface area contributed by atoms with Crippen molar-refractivity contribution in [2.75, 3.05) is 19.8 Å². The average Bonchev–Trinajstić information content (AvgIpc) is 2.55. The van der Waals surface area contributed by atoms with E-state index in [2.05, 4.69) is 0 Å². The molecule has 2 aliphatic rings. The molecule has 2 fully saturated rings. The second-order valence-corrected chi connectivity index (χ2v) is 5.98. The number of nitrogens with zero attached hydrogens (tertiary/aromatic N) is 1. The Bertz CT molecular complexity index is 499. The Morgan fingerprint density at radius 1 is 1.19 bits per heavy atom. The van der Waals surface area contributed by atoms with Crippen LogP contribution in [-0.4, -0.2) is 30.6 Å². The van der Waals surface area contributed by atoms with Crippen LogP contribution in [0.5, 0.6) is 0 Å². The predicted molar refractivity (Wildman–Crippen MR) is 78.2 cm³/mol. The highest BCUT2D eigenvalue weighted by Gasteiger charge is 2.33. The van der Waals surface area contributed by atoms with Crippen LogP contribution in [-0.2, 0) is 9.53 Å². The topological polar surface area (TPSA) is 29.5 Å². The minimum Gasteiger partial charge on any atom is -0.381 e. The molecule has 1 aromatic rings. The third-order valence-electron chi connectivity index (χ3n) is 4.59. The monoisotopic (exact) mass is 291 g/mol. The predicted octanol–water partition coefficient (Wildman–Crippen LogP) is 3.31. The zero-order chi connectivity index (χ0) is 14.7. The van der Waals surface area contributed by atoms with E-state index in [0.29, 0.717) is 13.2 Å². The third kappa shape index (κ3) is 3.26. The van der Waals surface area contributed by atoms with Gasteiger partial charge in [-0.05, 0) is 49.8 Å². The van der Waals surface area contributed by atoms with Gasteiger partial charge in [0.25, 0.3) is 0 Å². The van der Waals surface area contributed by atoms with E-state index in [9.17, 15) is 9.18 Å². The fraction of sp³-hybridized carbons (Fsp3) is 0.588. The highest BCUT2D eigenvalue weighted by molar-refractivity contribution is 5.79. The molecule has 3 nitrogen and oxygen atoms in total. The molecule has 0 aromatic heterocycles. The molecule has 0 N–H and O–H groups in total. The molecule has 1 aromatic carbocycles. The first-order valence-electron chi connectivity index (χ1n) is 7.89. The van der Waals surface area contributed by atoms with E-state index in [4.69, 9.17) is 4.74 Å². The zero-order valence-electron chi connectivity index (χ0n) is 12.3. The summed E-state index contributed by atoms with van der Waals surface area (Å²) in [5.41, 5.74) is 0.926. The maximum Gasteiger partial charge on any atom is 0.226 e. The molecule has 4 heteroatoms. The molecule has 1 amide bonds. The van der Waals surface area contributed by atoms with Crippen molar-refractivity contribution in [2.45, 2.75) is 38.1 Å². The van der Waals surface area contributed by atoms with E-state index in [-0.39, 0.29) is 23.7 Å². The normalized spacial score (nSPS) is 24.0. The van der Waals surface area contributed by atoms with Gasteiger partial charge in [0.2, 0.25) is 5.91 Å². The van der Waals surface area contributed by atoms with Gasteiger partial charge < -0.3 is 9.64 Å². The summed E-state index contributed by atoms with van der Waals surface area (Å²) in [5, 5.41) is 0. The fourth-order valence-corrected chi connectivity index (χ4v) is 3.43. The van der Waals surface area contributed by atoms with Crippen molar-refractivity contribution in [3.05, 3.63) is 35.6 Å². The third-order valence-corrected chi connectivity index (χ3v) is 4.59. The van der Waals surface area contributed by atoms with Crippen molar-refractivity contribution in [3.63, 3.8) is 0 Å². The molecule has 2 saturated heterocycles. The Hall–Kier alpha value is -1.42. The van der Waals surface area contributed by atoms with Crippen LogP contribution in [0.2, 0.25) is 0 Å². The number of likely N-dealkylation sites (tertiary alicyclic amines) is 1. The number of benzene rings is 1. The summed E-state index contributed by atoms with van der Waals surface area (Å²) in [6.07, 6.45) is 4.69. The van der Waals surface area contributed by atoms with Crippen LogP contribution < -0.4 is 0 Å². The largest absolute Gasteiger partial charge is 0.381 e. The number of carbonyl (C=O) groups excluding carboxylic acids is 1. The van der Waals surface area contributed by atoms with Gasteiger partial charge >= 0.3 is 0 Å². The van der Waals surface area contributed by atoms with Gasteiger partial charge in [-0.15, -0.1) is 0 Å². The minimum absolute atomic E-state index is 0.0322. The lowest BCUT2D eigenvalue weighted by molar-refractivity contribution is -0.142. The lowest BCUT2D eigenvalue weighted by atomic mass is 9.91. The molecule has 3 rings (SSSR count). The van der Waals surface area contributed by atoms with Crippen LogP contribution in [0.1, 0.15) is 43.7 Å². The van der Waals surface area contributed by atoms with Crippen molar-refractivity contribution in [2.24, 2.45) is 5.92 Å². The van der Waals surface area contributed by atoms with Crippen LogP contribution in [0, 0.1) is 11.7 Å². The number of hydrogen-bond donors (Lipinski definition) is 0. The molecule has 114 valence electrons. The van der Waals surface area contributed by atoms with Crippen LogP contribution in [0.15, 0.2) is 24.3 Å². The number of amides is 1. The first kappa shape index (κ1) is 14.5. The summed E-state index contributed by atoms with van der Waals surface area (Å²) in [7, 11) is 0. The second-order valence-electron chi connectivity index (χ2n) is 5.98. The second kappa shape index (κ2) is 6.56. The zero-order valence-corrected chi connectivity index (χ0v) is 12.3. The molecular formula is C17H22FNO2. The number of hydrogen-bond acceptors (Lipinski definition) is 2. The lowest BCUT2D eigenvalue weighted by Crippen LogP contribution is -2.43. The summed E-state index contributed by atoms with van der Waals surface area (Å²) < 4.78 is 18.8. The van der Waals surface area contributed by atoms with E-state index >= 15 is 0 Å². The molecule has 0 spiro atoms. The Morgan fingerprint density at radius 2 is 2.00 bits per heavy atom. The van der Waals surface area contributed by atoms with Gasteiger partial charge in [-0.25, -0.2) is 4.39 Å². The average molecular weight is 291 g/mol. The van der Waals surface area contributed by atoms with Gasteiger partial charge in [-0.2, -0.15) is 0 Å². The Balaban J connectivity index is 1.79. The van der Waals surface area contributed by atoms with E-state index in [1.807, 2.05) is 11.0 Å². The van der Waals surface area contributed by atoms with Crippen molar-refractivity contribution >= 4 is 5.91 Å². The molecule has 2 heterocycles. The van der Waals surface area contributed by atoms with Crippen LogP contribution >= 0.6 is 0 Å². The van der Waals surface area contributed by atoms with Crippen LogP contribution in [0.25, 0.3) is 0 Å². The first-order chi connectivity index (χ1) is 10.3. The number of ether oxygens (including phenoxy) is 1. The summed E-state index contributed by atoms with van der Waals surface area (Å²) >= 11 is 0. The Morgan fingerprint density at radius 3 is 2.76 bits per heavy atom. The molecule has 0 saturated carbocycles. The van der Waals surface area contributed by atoms with Gasteiger partial charge in [0.15, 0.2) is 0 Å². The number of piperidine rings is 1. The maximum atomic E-state index is 13.5. The molecule has 1 atom stereocenters. The van der Waals surface area contributed by atoms with Gasteiger partial charge in [-0.3, -0.25) is 4.79 Å². The molecule has 0 unspecified atom stereocenters. The summed E-state index contributed by atoms with van der Waals surface area (Å²) in [4.78, 5) is 14.8. The highest BCUT2D eigenvalue weighted by Crippen LogP contribution is 2.33. The number of rotatable bonds is 2. The summed E-state index contributed by atoms with van der Waals surface area (Å²) in [5.74, 6) is 0.0803. The van der Waals surface area contributed by atoms with Crippen LogP contribution in [0.4, 0.5) is 4.39 Å². The van der Waals surface area contributed by atoms with Gasteiger partial charge in [-0.1, -0.05) is 12.1 Å². The SMILES string of the molecule is O=C(C1CCOCC1)N1CCCC[C@H]1c1cccc(F)c1. The minimum atomic E-state index is -0.225. The van der Waals surface area contributed by atoms with Crippen molar-refractivity contribution in [3.8, 4) is 0 Å². The maximum absolute atomic E-state index is 13.5. The number of halogens is 1. The Kier molecular flexibility index (Phi) is 4.54. The first-order valence-corrected chi connectivity index (χ1v) is 7.89. The van der Waals surface area contributed by atoms with E-state index in [0.717, 1.165) is 44.2 Å². The molecule has 2 aliphatic heterocycles. The molecule has 21 heavy (non-hydrogen) atoms. The lowest BCUT2D eigenvalue weighted by Gasteiger charge is -2.39. The number of carbonyl (C=O) groups is 1. The van der Waals surface area contributed by atoms with Gasteiger partial charge in [0, 0.05) is 25.7 Å². The van der Waals surface area contributed by atoms with E-state index < -0.39 is 0 Å². The van der Waals surface area contributed by atoms with Gasteiger partial charge in [0.05, 0.1) is 6.04 Å². The van der Waals surface area contributed by atoms with Gasteiger partial charge in [0.1, 0.15) is 5.82 Å². The smallest absolute Gasteiger partial charge is 0.226 e.